The lowest BCUT2D eigenvalue weighted by Crippen LogP contribution is -2.62. The number of rotatable bonds is 1. The van der Waals surface area contributed by atoms with Gasteiger partial charge in [0.15, 0.2) is 22.9 Å². The molecule has 29 heavy (non-hydrogen) atoms. The Hall–Kier alpha value is -2.12. The van der Waals surface area contributed by atoms with Gasteiger partial charge in [0.25, 0.3) is 0 Å². The number of aromatic hydroxyl groups is 1. The van der Waals surface area contributed by atoms with Crippen LogP contribution >= 0.6 is 0 Å². The molecule has 6 rings (SSSR count). The van der Waals surface area contributed by atoms with Gasteiger partial charge in [-0.3, -0.25) is 9.59 Å². The van der Waals surface area contributed by atoms with Crippen molar-refractivity contribution >= 4 is 17.4 Å². The van der Waals surface area contributed by atoms with Crippen molar-refractivity contribution in [3.05, 3.63) is 17.7 Å². The lowest BCUT2D eigenvalue weighted by Gasteiger charge is -2.46. The molecule has 1 aromatic carbocycles. The highest BCUT2D eigenvalue weighted by molar-refractivity contribution is 6.09. The van der Waals surface area contributed by atoms with Crippen LogP contribution in [0.4, 0.5) is 5.69 Å². The minimum Gasteiger partial charge on any atom is -0.503 e. The molecule has 5 atom stereocenters. The average molecular weight is 400 g/mol. The lowest BCUT2D eigenvalue weighted by molar-refractivity contribution is -0.137. The van der Waals surface area contributed by atoms with Gasteiger partial charge in [-0.05, 0) is 58.0 Å². The highest BCUT2D eigenvalue weighted by atomic mass is 16.6. The number of nitrogens with zero attached hydrogens (tertiary/aromatic N) is 2. The van der Waals surface area contributed by atoms with Crippen LogP contribution in [0.3, 0.4) is 0 Å². The summed E-state index contributed by atoms with van der Waals surface area (Å²) in [5.41, 5.74) is -0.467. The Morgan fingerprint density at radius 3 is 2.69 bits per heavy atom. The molecule has 7 heteroatoms. The van der Waals surface area contributed by atoms with E-state index < -0.39 is 11.0 Å². The highest BCUT2D eigenvalue weighted by Gasteiger charge is 2.75. The van der Waals surface area contributed by atoms with E-state index in [1.165, 1.54) is 14.0 Å². The molecule has 1 unspecified atom stereocenters. The molecule has 7 nitrogen and oxygen atoms in total. The number of benzene rings is 1. The first-order chi connectivity index (χ1) is 13.8. The number of ether oxygens (including phenoxy) is 2. The zero-order valence-corrected chi connectivity index (χ0v) is 17.4. The van der Waals surface area contributed by atoms with Crippen LogP contribution in [0.2, 0.25) is 0 Å². The summed E-state index contributed by atoms with van der Waals surface area (Å²) in [5, 5.41) is 11.0. The standard InChI is InChI=1S/C22H28N2O5/c1-12-22(29-12)14-7-9-23(3)10-8-21(20(22)27)15-5-6-16(28-4)19(26)18(15)24(13(2)25)17(21)11-14/h5-6,12,14,17,26H,7-11H2,1-4H3/t12?,14-,17+,21-,22-/m1/s1. The second kappa shape index (κ2) is 5.95. The molecule has 2 spiro atoms. The maximum Gasteiger partial charge on any atom is 0.224 e. The SMILES string of the molecule is COc1ccc2c(c1O)N(C(C)=O)[C@H]1C[C@H]3CCN(C)CC[C@@]21C(=O)[C@]31OC1C. The fraction of sp³-hybridized carbons (Fsp3) is 0.636. The van der Waals surface area contributed by atoms with Gasteiger partial charge in [-0.1, -0.05) is 6.07 Å². The number of carbonyl (C=O) groups is 2. The second-order valence-electron chi connectivity index (χ2n) is 9.05. The number of hydrogen-bond donors (Lipinski definition) is 1. The van der Waals surface area contributed by atoms with Gasteiger partial charge in [-0.25, -0.2) is 0 Å². The van der Waals surface area contributed by atoms with E-state index in [-0.39, 0.29) is 35.5 Å². The smallest absolute Gasteiger partial charge is 0.224 e. The third kappa shape index (κ3) is 2.15. The molecule has 1 amide bonds. The van der Waals surface area contributed by atoms with Crippen molar-refractivity contribution in [2.75, 3.05) is 32.1 Å². The van der Waals surface area contributed by atoms with Crippen LogP contribution in [0, 0.1) is 5.92 Å². The quantitative estimate of drug-likeness (QED) is 0.725. The number of phenolic OH excluding ortho intramolecular Hbond substituents is 1. The van der Waals surface area contributed by atoms with Crippen LogP contribution in [0.25, 0.3) is 0 Å². The number of Topliss-reactive ketones (excluding diaryl/α,β-unsaturated/α-hetero) is 1. The zero-order valence-electron chi connectivity index (χ0n) is 17.4. The van der Waals surface area contributed by atoms with Crippen molar-refractivity contribution < 1.29 is 24.2 Å². The molecule has 1 aromatic rings. The van der Waals surface area contributed by atoms with Crippen molar-refractivity contribution in [2.24, 2.45) is 5.92 Å². The molecule has 4 aliphatic heterocycles. The van der Waals surface area contributed by atoms with Crippen LogP contribution < -0.4 is 9.64 Å². The highest BCUT2D eigenvalue weighted by Crippen LogP contribution is 2.64. The van der Waals surface area contributed by atoms with Crippen molar-refractivity contribution in [3.63, 3.8) is 0 Å². The first-order valence-corrected chi connectivity index (χ1v) is 10.4. The number of methoxy groups -OCH3 is 1. The summed E-state index contributed by atoms with van der Waals surface area (Å²) in [5.74, 6) is 0.222. The van der Waals surface area contributed by atoms with E-state index in [2.05, 4.69) is 11.9 Å². The van der Waals surface area contributed by atoms with Crippen LogP contribution in [-0.4, -0.2) is 66.7 Å². The molecular weight excluding hydrogens is 372 g/mol. The molecule has 4 heterocycles. The number of carbonyl (C=O) groups excluding carboxylic acids is 2. The summed E-state index contributed by atoms with van der Waals surface area (Å²) in [4.78, 5) is 30.9. The maximum absolute atomic E-state index is 14.2. The fourth-order valence-corrected chi connectivity index (χ4v) is 6.35. The molecule has 5 aliphatic rings. The number of anilines is 1. The Balaban J connectivity index is 1.79. The summed E-state index contributed by atoms with van der Waals surface area (Å²) < 4.78 is 11.4. The van der Waals surface area contributed by atoms with Crippen molar-refractivity contribution in [3.8, 4) is 11.5 Å². The molecule has 3 saturated heterocycles. The molecule has 0 radical (unpaired) electrons. The molecule has 1 aliphatic carbocycles. The van der Waals surface area contributed by atoms with E-state index >= 15 is 0 Å². The first-order valence-electron chi connectivity index (χ1n) is 10.4. The van der Waals surface area contributed by atoms with E-state index in [0.717, 1.165) is 25.1 Å². The third-order valence-electron chi connectivity index (χ3n) is 7.82. The number of phenols is 1. The van der Waals surface area contributed by atoms with E-state index in [0.29, 0.717) is 24.3 Å². The van der Waals surface area contributed by atoms with Gasteiger partial charge in [0.05, 0.1) is 30.4 Å². The van der Waals surface area contributed by atoms with E-state index in [9.17, 15) is 14.7 Å². The topological polar surface area (TPSA) is 82.6 Å². The van der Waals surface area contributed by atoms with Crippen LogP contribution in [-0.2, 0) is 19.7 Å². The Labute approximate surface area is 170 Å². The summed E-state index contributed by atoms with van der Waals surface area (Å²) >= 11 is 0. The van der Waals surface area contributed by atoms with Crippen LogP contribution in [0.1, 0.15) is 38.7 Å². The molecule has 1 N–H and O–H groups in total. The van der Waals surface area contributed by atoms with Gasteiger partial charge in [0.2, 0.25) is 5.91 Å². The van der Waals surface area contributed by atoms with Gasteiger partial charge in [-0.15, -0.1) is 0 Å². The fourth-order valence-electron chi connectivity index (χ4n) is 6.35. The van der Waals surface area contributed by atoms with E-state index in [4.69, 9.17) is 9.47 Å². The maximum atomic E-state index is 14.2. The van der Waals surface area contributed by atoms with Crippen LogP contribution in [0.5, 0.6) is 11.5 Å². The minimum atomic E-state index is -0.870. The number of hydrogen-bond acceptors (Lipinski definition) is 6. The van der Waals surface area contributed by atoms with E-state index in [1.54, 1.807) is 11.0 Å². The van der Waals surface area contributed by atoms with Crippen molar-refractivity contribution in [1.82, 2.24) is 4.90 Å². The van der Waals surface area contributed by atoms with Gasteiger partial charge < -0.3 is 24.4 Å². The molecule has 0 aromatic heterocycles. The second-order valence-corrected chi connectivity index (χ2v) is 9.05. The summed E-state index contributed by atoms with van der Waals surface area (Å²) in [6.45, 7) is 5.13. The predicted octanol–water partition coefficient (Wildman–Crippen LogP) is 1.85. The molecule has 2 bridgehead atoms. The van der Waals surface area contributed by atoms with Gasteiger partial charge in [-0.2, -0.15) is 0 Å². The minimum absolute atomic E-state index is 0.0591. The Morgan fingerprint density at radius 1 is 1.34 bits per heavy atom. The monoisotopic (exact) mass is 400 g/mol. The zero-order chi connectivity index (χ0) is 20.7. The van der Waals surface area contributed by atoms with Gasteiger partial charge in [0.1, 0.15) is 0 Å². The molecule has 4 fully saturated rings. The largest absolute Gasteiger partial charge is 0.503 e. The third-order valence-corrected chi connectivity index (χ3v) is 7.82. The summed E-state index contributed by atoms with van der Waals surface area (Å²) in [6, 6.07) is 3.25. The summed E-state index contributed by atoms with van der Waals surface area (Å²) in [7, 11) is 3.56. The van der Waals surface area contributed by atoms with Gasteiger partial charge >= 0.3 is 0 Å². The van der Waals surface area contributed by atoms with Crippen LogP contribution in [0.15, 0.2) is 12.1 Å². The van der Waals surface area contributed by atoms with Gasteiger partial charge in [0, 0.05) is 12.8 Å². The number of epoxide rings is 1. The average Bonchev–Trinajstić information content (AvgIpc) is 3.22. The molecule has 156 valence electrons. The first kappa shape index (κ1) is 18.9. The van der Waals surface area contributed by atoms with Crippen molar-refractivity contribution in [2.45, 2.75) is 56.3 Å². The Bertz CT molecular complexity index is 917. The summed E-state index contributed by atoms with van der Waals surface area (Å²) in [6.07, 6.45) is 2.04. The lowest BCUT2D eigenvalue weighted by atomic mass is 9.57. The number of ketones is 1. The Kier molecular flexibility index (Phi) is 3.87. The predicted molar refractivity (Wildman–Crippen MR) is 106 cm³/mol. The van der Waals surface area contributed by atoms with Crippen molar-refractivity contribution in [1.29, 1.82) is 0 Å². The molecular formula is C22H28N2O5. The Morgan fingerprint density at radius 2 is 2.07 bits per heavy atom. The normalized spacial score (nSPS) is 38.3. The number of fused-ring (bicyclic) bond motifs is 5. The van der Waals surface area contributed by atoms with E-state index in [1.807, 2.05) is 13.0 Å². The number of amides is 1. The molecule has 1 saturated carbocycles.